The van der Waals surface area contributed by atoms with Gasteiger partial charge in [0.2, 0.25) is 0 Å². The number of ether oxygens (including phenoxy) is 1. The number of carboxylic acid groups (broad SMARTS) is 1. The molecule has 19 heavy (non-hydrogen) atoms. The van der Waals surface area contributed by atoms with Crippen LogP contribution in [0.4, 0.5) is 4.79 Å². The van der Waals surface area contributed by atoms with Crippen molar-refractivity contribution in [2.24, 2.45) is 0 Å². The predicted octanol–water partition coefficient (Wildman–Crippen LogP) is 2.74. The SMILES string of the molecule is CN(Cc1ccc(CC(=O)O)s1)C(=O)OC(C)(C)C. The van der Waals surface area contributed by atoms with Crippen LogP contribution in [0.25, 0.3) is 0 Å². The van der Waals surface area contributed by atoms with Gasteiger partial charge in [0.25, 0.3) is 0 Å². The monoisotopic (exact) mass is 285 g/mol. The number of aliphatic carboxylic acids is 1. The summed E-state index contributed by atoms with van der Waals surface area (Å²) in [4.78, 5) is 25.5. The first-order valence-corrected chi connectivity index (χ1v) is 6.72. The van der Waals surface area contributed by atoms with E-state index in [0.29, 0.717) is 6.54 Å². The summed E-state index contributed by atoms with van der Waals surface area (Å²) in [5.74, 6) is -0.853. The Kier molecular flexibility index (Phi) is 4.94. The molecule has 1 rings (SSSR count). The molecule has 1 heterocycles. The van der Waals surface area contributed by atoms with Gasteiger partial charge in [0.15, 0.2) is 0 Å². The summed E-state index contributed by atoms with van der Waals surface area (Å²) >= 11 is 1.39. The van der Waals surface area contributed by atoms with Crippen molar-refractivity contribution in [2.75, 3.05) is 7.05 Å². The summed E-state index contributed by atoms with van der Waals surface area (Å²) in [5, 5.41) is 8.70. The second-order valence-corrected chi connectivity index (χ2v) is 6.53. The van der Waals surface area contributed by atoms with Crippen molar-refractivity contribution >= 4 is 23.4 Å². The molecular formula is C13H19NO4S. The van der Waals surface area contributed by atoms with Gasteiger partial charge < -0.3 is 14.7 Å². The van der Waals surface area contributed by atoms with Crippen molar-refractivity contribution in [3.05, 3.63) is 21.9 Å². The number of carbonyl (C=O) groups is 2. The predicted molar refractivity (Wildman–Crippen MR) is 73.4 cm³/mol. The number of rotatable bonds is 4. The third-order valence-corrected chi connectivity index (χ3v) is 3.21. The smallest absolute Gasteiger partial charge is 0.410 e. The van der Waals surface area contributed by atoms with Gasteiger partial charge in [-0.25, -0.2) is 4.79 Å². The highest BCUT2D eigenvalue weighted by atomic mass is 32.1. The lowest BCUT2D eigenvalue weighted by Crippen LogP contribution is -2.33. The number of carbonyl (C=O) groups excluding carboxylic acids is 1. The molecule has 0 bridgehead atoms. The Morgan fingerprint density at radius 2 is 1.89 bits per heavy atom. The van der Waals surface area contributed by atoms with Gasteiger partial charge in [0, 0.05) is 16.8 Å². The molecule has 0 saturated carbocycles. The highest BCUT2D eigenvalue weighted by Gasteiger charge is 2.20. The quantitative estimate of drug-likeness (QED) is 0.923. The molecule has 1 amide bonds. The van der Waals surface area contributed by atoms with Gasteiger partial charge in [0.05, 0.1) is 13.0 Å². The topological polar surface area (TPSA) is 66.8 Å². The van der Waals surface area contributed by atoms with Crippen LogP contribution >= 0.6 is 11.3 Å². The zero-order chi connectivity index (χ0) is 14.6. The number of hydrogen-bond acceptors (Lipinski definition) is 4. The second-order valence-electron chi connectivity index (χ2n) is 5.27. The van der Waals surface area contributed by atoms with Crippen molar-refractivity contribution in [2.45, 2.75) is 39.3 Å². The first kappa shape index (κ1) is 15.5. The Labute approximate surface area is 116 Å². The number of hydrogen-bond donors (Lipinski definition) is 1. The molecule has 0 unspecified atom stereocenters. The van der Waals surface area contributed by atoms with Crippen LogP contribution in [0, 0.1) is 0 Å². The van der Waals surface area contributed by atoms with E-state index in [9.17, 15) is 9.59 Å². The summed E-state index contributed by atoms with van der Waals surface area (Å²) in [6, 6.07) is 3.61. The molecule has 0 radical (unpaired) electrons. The Balaban J connectivity index is 2.57. The fourth-order valence-corrected chi connectivity index (χ4v) is 2.45. The van der Waals surface area contributed by atoms with Crippen molar-refractivity contribution in [3.63, 3.8) is 0 Å². The number of thiophene rings is 1. The van der Waals surface area contributed by atoms with E-state index < -0.39 is 11.6 Å². The highest BCUT2D eigenvalue weighted by Crippen LogP contribution is 2.19. The Hall–Kier alpha value is -1.56. The van der Waals surface area contributed by atoms with Gasteiger partial charge in [-0.1, -0.05) is 0 Å². The summed E-state index contributed by atoms with van der Waals surface area (Å²) < 4.78 is 5.24. The average Bonchev–Trinajstić information content (AvgIpc) is 2.61. The van der Waals surface area contributed by atoms with Gasteiger partial charge in [-0.2, -0.15) is 0 Å². The Bertz CT molecular complexity index is 461. The lowest BCUT2D eigenvalue weighted by molar-refractivity contribution is -0.136. The number of carboxylic acids is 1. The molecule has 6 heteroatoms. The fraction of sp³-hybridized carbons (Fsp3) is 0.538. The molecule has 5 nitrogen and oxygen atoms in total. The van der Waals surface area contributed by atoms with Crippen LogP contribution in [0.15, 0.2) is 12.1 Å². The molecule has 0 saturated heterocycles. The van der Waals surface area contributed by atoms with Crippen molar-refractivity contribution in [1.82, 2.24) is 4.90 Å². The highest BCUT2D eigenvalue weighted by molar-refractivity contribution is 7.12. The molecule has 0 aliphatic heterocycles. The zero-order valence-electron chi connectivity index (χ0n) is 11.6. The lowest BCUT2D eigenvalue weighted by Gasteiger charge is -2.24. The molecule has 0 fully saturated rings. The largest absolute Gasteiger partial charge is 0.481 e. The fourth-order valence-electron chi connectivity index (χ4n) is 1.39. The molecule has 0 spiro atoms. The average molecular weight is 285 g/mol. The minimum absolute atomic E-state index is 0.0147. The maximum atomic E-state index is 11.8. The van der Waals surface area contributed by atoms with Crippen LogP contribution in [-0.4, -0.2) is 34.7 Å². The van der Waals surface area contributed by atoms with E-state index in [4.69, 9.17) is 9.84 Å². The standard InChI is InChI=1S/C13H19NO4S/c1-13(2,3)18-12(17)14(4)8-10-6-5-9(19-10)7-11(15)16/h5-6H,7-8H2,1-4H3,(H,15,16). The summed E-state index contributed by atoms with van der Waals surface area (Å²) in [5.41, 5.74) is -0.519. The maximum Gasteiger partial charge on any atom is 0.410 e. The first-order valence-electron chi connectivity index (χ1n) is 5.91. The van der Waals surface area contributed by atoms with Crippen LogP contribution in [0.5, 0.6) is 0 Å². The van der Waals surface area contributed by atoms with E-state index in [2.05, 4.69) is 0 Å². The molecule has 0 aromatic carbocycles. The molecule has 0 atom stereocenters. The number of nitrogens with zero attached hydrogens (tertiary/aromatic N) is 1. The van der Waals surface area contributed by atoms with Crippen LogP contribution < -0.4 is 0 Å². The van der Waals surface area contributed by atoms with E-state index in [1.807, 2.05) is 26.8 Å². The molecule has 0 aliphatic rings. The van der Waals surface area contributed by atoms with E-state index in [0.717, 1.165) is 9.75 Å². The number of amides is 1. The maximum absolute atomic E-state index is 11.8. The van der Waals surface area contributed by atoms with Crippen molar-refractivity contribution in [1.29, 1.82) is 0 Å². The lowest BCUT2D eigenvalue weighted by atomic mass is 10.2. The van der Waals surface area contributed by atoms with Crippen LogP contribution in [0.2, 0.25) is 0 Å². The first-order chi connectivity index (χ1) is 8.67. The third-order valence-electron chi connectivity index (χ3n) is 2.14. The summed E-state index contributed by atoms with van der Waals surface area (Å²) in [6.45, 7) is 5.86. The molecule has 1 N–H and O–H groups in total. The van der Waals surface area contributed by atoms with Gasteiger partial charge in [0.1, 0.15) is 5.60 Å². The minimum atomic E-state index is -0.853. The van der Waals surface area contributed by atoms with Gasteiger partial charge >= 0.3 is 12.1 Å². The Morgan fingerprint density at radius 3 is 2.42 bits per heavy atom. The van der Waals surface area contributed by atoms with E-state index in [-0.39, 0.29) is 12.5 Å². The van der Waals surface area contributed by atoms with Crippen LogP contribution in [0.3, 0.4) is 0 Å². The van der Waals surface area contributed by atoms with Gasteiger partial charge in [-0.15, -0.1) is 11.3 Å². The molecule has 1 aromatic heterocycles. The molecule has 1 aromatic rings. The van der Waals surface area contributed by atoms with E-state index in [1.165, 1.54) is 16.2 Å². The van der Waals surface area contributed by atoms with Gasteiger partial charge in [-0.05, 0) is 32.9 Å². The molecule has 106 valence electrons. The molecule has 0 aliphatic carbocycles. The Morgan fingerprint density at radius 1 is 1.32 bits per heavy atom. The third kappa shape index (κ3) is 5.74. The second kappa shape index (κ2) is 6.06. The van der Waals surface area contributed by atoms with Crippen LogP contribution in [-0.2, 0) is 22.5 Å². The zero-order valence-corrected chi connectivity index (χ0v) is 12.4. The van der Waals surface area contributed by atoms with E-state index in [1.54, 1.807) is 13.1 Å². The normalized spacial score (nSPS) is 11.2. The van der Waals surface area contributed by atoms with Crippen molar-refractivity contribution < 1.29 is 19.4 Å². The van der Waals surface area contributed by atoms with E-state index >= 15 is 0 Å². The van der Waals surface area contributed by atoms with Crippen molar-refractivity contribution in [3.8, 4) is 0 Å². The molecular weight excluding hydrogens is 266 g/mol. The minimum Gasteiger partial charge on any atom is -0.481 e. The summed E-state index contributed by atoms with van der Waals surface area (Å²) in [7, 11) is 1.66. The van der Waals surface area contributed by atoms with Gasteiger partial charge in [-0.3, -0.25) is 4.79 Å². The summed E-state index contributed by atoms with van der Waals surface area (Å²) in [6.07, 6.45) is -0.374. The van der Waals surface area contributed by atoms with Crippen LogP contribution in [0.1, 0.15) is 30.5 Å².